The predicted molar refractivity (Wildman–Crippen MR) is 75.6 cm³/mol. The third-order valence-corrected chi connectivity index (χ3v) is 2.86. The molecule has 0 unspecified atom stereocenters. The standard InChI is InChI=1S/C14H9N5O2/c15-19-17-11-7-3-1-5-9(11)13-16-14(21-18-13)10-6-2-4-8-12(10)20/h1-8,20H. The summed E-state index contributed by atoms with van der Waals surface area (Å²) < 4.78 is 5.16. The molecule has 102 valence electrons. The van der Waals surface area contributed by atoms with Crippen molar-refractivity contribution in [1.29, 1.82) is 0 Å². The lowest BCUT2D eigenvalue weighted by Crippen LogP contribution is -1.82. The Kier molecular flexibility index (Phi) is 3.24. The molecule has 1 aromatic heterocycles. The van der Waals surface area contributed by atoms with Gasteiger partial charge in [-0.3, -0.25) is 0 Å². The van der Waals surface area contributed by atoms with Crippen molar-refractivity contribution in [3.05, 3.63) is 59.0 Å². The molecule has 0 atom stereocenters. The van der Waals surface area contributed by atoms with Gasteiger partial charge in [0.2, 0.25) is 5.82 Å². The molecule has 2 aromatic carbocycles. The van der Waals surface area contributed by atoms with Crippen LogP contribution in [0.2, 0.25) is 0 Å². The van der Waals surface area contributed by atoms with Crippen LogP contribution in [0.3, 0.4) is 0 Å². The van der Waals surface area contributed by atoms with Gasteiger partial charge in [-0.25, -0.2) is 0 Å². The van der Waals surface area contributed by atoms with Crippen LogP contribution in [0.5, 0.6) is 5.75 Å². The van der Waals surface area contributed by atoms with Gasteiger partial charge in [0.15, 0.2) is 0 Å². The van der Waals surface area contributed by atoms with E-state index in [4.69, 9.17) is 10.1 Å². The molecule has 0 aliphatic rings. The molecule has 0 spiro atoms. The quantitative estimate of drug-likeness (QED) is 0.443. The van der Waals surface area contributed by atoms with Crippen LogP contribution in [-0.4, -0.2) is 15.2 Å². The van der Waals surface area contributed by atoms with Crippen LogP contribution in [0, 0.1) is 0 Å². The Bertz CT molecular complexity index is 837. The molecular weight excluding hydrogens is 270 g/mol. The van der Waals surface area contributed by atoms with Crippen molar-refractivity contribution in [2.24, 2.45) is 5.11 Å². The molecule has 0 radical (unpaired) electrons. The minimum atomic E-state index is 0.0519. The molecule has 21 heavy (non-hydrogen) atoms. The lowest BCUT2D eigenvalue weighted by molar-refractivity contribution is 0.426. The molecule has 0 aliphatic carbocycles. The van der Waals surface area contributed by atoms with Gasteiger partial charge in [-0.1, -0.05) is 46.7 Å². The lowest BCUT2D eigenvalue weighted by atomic mass is 10.1. The number of benzene rings is 2. The highest BCUT2D eigenvalue weighted by molar-refractivity contribution is 5.72. The van der Waals surface area contributed by atoms with E-state index in [1.165, 1.54) is 6.07 Å². The van der Waals surface area contributed by atoms with Crippen molar-refractivity contribution >= 4 is 5.69 Å². The van der Waals surface area contributed by atoms with Crippen molar-refractivity contribution in [3.8, 4) is 28.6 Å². The van der Waals surface area contributed by atoms with Crippen molar-refractivity contribution in [3.63, 3.8) is 0 Å². The molecule has 3 aromatic rings. The van der Waals surface area contributed by atoms with E-state index in [0.29, 0.717) is 16.8 Å². The molecule has 0 bridgehead atoms. The number of azide groups is 1. The highest BCUT2D eigenvalue weighted by Crippen LogP contribution is 2.32. The number of hydrogen-bond acceptors (Lipinski definition) is 5. The predicted octanol–water partition coefficient (Wildman–Crippen LogP) is 4.05. The number of nitrogens with zero attached hydrogens (tertiary/aromatic N) is 5. The van der Waals surface area contributed by atoms with Gasteiger partial charge in [-0.05, 0) is 17.7 Å². The summed E-state index contributed by atoms with van der Waals surface area (Å²) in [4.78, 5) is 7.00. The smallest absolute Gasteiger partial charge is 0.261 e. The zero-order chi connectivity index (χ0) is 14.7. The van der Waals surface area contributed by atoms with Gasteiger partial charge < -0.3 is 9.63 Å². The normalized spacial score (nSPS) is 10.1. The first-order valence-corrected chi connectivity index (χ1v) is 6.06. The summed E-state index contributed by atoms with van der Waals surface area (Å²) in [6.45, 7) is 0. The monoisotopic (exact) mass is 279 g/mol. The van der Waals surface area contributed by atoms with Crippen LogP contribution in [0.4, 0.5) is 5.69 Å². The minimum Gasteiger partial charge on any atom is -0.507 e. The van der Waals surface area contributed by atoms with E-state index in [1.807, 2.05) is 0 Å². The molecule has 0 saturated heterocycles. The molecule has 0 saturated carbocycles. The van der Waals surface area contributed by atoms with E-state index in [-0.39, 0.29) is 17.5 Å². The second kappa shape index (κ2) is 5.36. The fourth-order valence-electron chi connectivity index (χ4n) is 1.89. The average Bonchev–Trinajstić information content (AvgIpc) is 2.98. The summed E-state index contributed by atoms with van der Waals surface area (Å²) in [5.74, 6) is 0.533. The molecule has 7 heteroatoms. The van der Waals surface area contributed by atoms with Gasteiger partial charge in [0.1, 0.15) is 5.75 Å². The number of aromatic nitrogens is 2. The molecule has 0 fully saturated rings. The van der Waals surface area contributed by atoms with E-state index in [2.05, 4.69) is 20.2 Å². The van der Waals surface area contributed by atoms with Crippen LogP contribution in [0.1, 0.15) is 0 Å². The van der Waals surface area contributed by atoms with Gasteiger partial charge in [-0.15, -0.1) is 0 Å². The number of phenolic OH excluding ortho intramolecular Hbond substituents is 1. The first kappa shape index (κ1) is 12.7. The van der Waals surface area contributed by atoms with Crippen LogP contribution < -0.4 is 0 Å². The summed E-state index contributed by atoms with van der Waals surface area (Å²) >= 11 is 0. The molecule has 0 amide bonds. The molecule has 1 heterocycles. The summed E-state index contributed by atoms with van der Waals surface area (Å²) in [5.41, 5.74) is 9.98. The Balaban J connectivity index is 2.07. The number of hydrogen-bond donors (Lipinski definition) is 1. The SMILES string of the molecule is [N-]=[N+]=Nc1ccccc1-c1noc(-c2ccccc2O)n1. The fraction of sp³-hybridized carbons (Fsp3) is 0. The summed E-state index contributed by atoms with van der Waals surface area (Å²) in [7, 11) is 0. The van der Waals surface area contributed by atoms with Gasteiger partial charge in [0.05, 0.1) is 5.56 Å². The van der Waals surface area contributed by atoms with Crippen LogP contribution in [-0.2, 0) is 0 Å². The summed E-state index contributed by atoms with van der Waals surface area (Å²) in [6.07, 6.45) is 0. The van der Waals surface area contributed by atoms with Crippen LogP contribution in [0.15, 0.2) is 58.2 Å². The van der Waals surface area contributed by atoms with Gasteiger partial charge in [0.25, 0.3) is 5.89 Å². The summed E-state index contributed by atoms with van der Waals surface area (Å²) in [5, 5.41) is 17.2. The largest absolute Gasteiger partial charge is 0.507 e. The second-order valence-corrected chi connectivity index (χ2v) is 4.15. The number of aromatic hydroxyl groups is 1. The van der Waals surface area contributed by atoms with Gasteiger partial charge >= 0.3 is 0 Å². The van der Waals surface area contributed by atoms with Crippen molar-refractivity contribution < 1.29 is 9.63 Å². The van der Waals surface area contributed by atoms with Crippen molar-refractivity contribution in [2.75, 3.05) is 0 Å². The molecule has 0 aliphatic heterocycles. The third-order valence-electron chi connectivity index (χ3n) is 2.86. The highest BCUT2D eigenvalue weighted by Gasteiger charge is 2.15. The van der Waals surface area contributed by atoms with Gasteiger partial charge in [-0.2, -0.15) is 4.98 Å². The Morgan fingerprint density at radius 2 is 1.76 bits per heavy atom. The maximum absolute atomic E-state index is 9.79. The molecule has 7 nitrogen and oxygen atoms in total. The fourth-order valence-corrected chi connectivity index (χ4v) is 1.89. The zero-order valence-electron chi connectivity index (χ0n) is 10.7. The highest BCUT2D eigenvalue weighted by atomic mass is 16.5. The Morgan fingerprint density at radius 3 is 2.52 bits per heavy atom. The molecule has 3 rings (SSSR count). The first-order chi connectivity index (χ1) is 10.3. The Labute approximate surface area is 119 Å². The van der Waals surface area contributed by atoms with E-state index in [9.17, 15) is 5.11 Å². The van der Waals surface area contributed by atoms with Crippen molar-refractivity contribution in [1.82, 2.24) is 10.1 Å². The number of para-hydroxylation sites is 1. The second-order valence-electron chi connectivity index (χ2n) is 4.15. The zero-order valence-corrected chi connectivity index (χ0v) is 10.7. The third kappa shape index (κ3) is 2.41. The average molecular weight is 279 g/mol. The van der Waals surface area contributed by atoms with Gasteiger partial charge in [0, 0.05) is 16.2 Å². The minimum absolute atomic E-state index is 0.0519. The number of rotatable bonds is 3. The summed E-state index contributed by atoms with van der Waals surface area (Å²) in [6, 6.07) is 13.6. The first-order valence-electron chi connectivity index (χ1n) is 6.06. The maximum atomic E-state index is 9.79. The Hall–Kier alpha value is -3.31. The van der Waals surface area contributed by atoms with Crippen LogP contribution >= 0.6 is 0 Å². The van der Waals surface area contributed by atoms with Crippen molar-refractivity contribution in [2.45, 2.75) is 0 Å². The molecule has 1 N–H and O–H groups in total. The molecular formula is C14H9N5O2. The van der Waals surface area contributed by atoms with Crippen LogP contribution in [0.25, 0.3) is 33.3 Å². The Morgan fingerprint density at radius 1 is 1.05 bits per heavy atom. The number of phenols is 1. The van der Waals surface area contributed by atoms with E-state index < -0.39 is 0 Å². The van der Waals surface area contributed by atoms with E-state index in [0.717, 1.165) is 0 Å². The maximum Gasteiger partial charge on any atom is 0.261 e. The lowest BCUT2D eigenvalue weighted by Gasteiger charge is -1.98. The van der Waals surface area contributed by atoms with E-state index in [1.54, 1.807) is 42.5 Å². The van der Waals surface area contributed by atoms with E-state index >= 15 is 0 Å². The topological polar surface area (TPSA) is 108 Å².